The van der Waals surface area contributed by atoms with E-state index < -0.39 is 0 Å². The van der Waals surface area contributed by atoms with Gasteiger partial charge >= 0.3 is 0 Å². The molecule has 1 aromatic carbocycles. The van der Waals surface area contributed by atoms with Crippen LogP contribution >= 0.6 is 0 Å². The molecule has 112 valence electrons. The topological polar surface area (TPSA) is 41.7 Å². The average Bonchev–Trinajstić information content (AvgIpc) is 2.43. The zero-order valence-electron chi connectivity index (χ0n) is 12.9. The second-order valence-electron chi connectivity index (χ2n) is 5.89. The van der Waals surface area contributed by atoms with Crippen LogP contribution in [0.5, 0.6) is 5.75 Å². The number of likely N-dealkylation sites (N-methyl/N-ethyl adjacent to an activating group) is 1. The molecule has 0 aromatic heterocycles. The second kappa shape index (κ2) is 6.95. The van der Waals surface area contributed by atoms with Crippen LogP contribution in [-0.4, -0.2) is 55.2 Å². The molecule has 2 atom stereocenters. The normalized spacial score (nSPS) is 24.8. The molecule has 1 fully saturated rings. The van der Waals surface area contributed by atoms with Gasteiger partial charge in [0, 0.05) is 37.4 Å². The SMILES string of the molecule is CC1CN(CCCOc2ccc(N)cc2)CC(C)N1C. The van der Waals surface area contributed by atoms with Gasteiger partial charge in [-0.2, -0.15) is 0 Å². The minimum atomic E-state index is 0.636. The van der Waals surface area contributed by atoms with Gasteiger partial charge in [0.15, 0.2) is 0 Å². The van der Waals surface area contributed by atoms with Crippen LogP contribution in [0, 0.1) is 0 Å². The highest BCUT2D eigenvalue weighted by Crippen LogP contribution is 2.15. The van der Waals surface area contributed by atoms with Crippen LogP contribution in [0.2, 0.25) is 0 Å². The second-order valence-corrected chi connectivity index (χ2v) is 5.89. The van der Waals surface area contributed by atoms with Gasteiger partial charge in [0.1, 0.15) is 5.75 Å². The van der Waals surface area contributed by atoms with E-state index in [0.717, 1.165) is 44.1 Å². The molecule has 1 saturated heterocycles. The molecule has 0 bridgehead atoms. The summed E-state index contributed by atoms with van der Waals surface area (Å²) >= 11 is 0. The number of ether oxygens (including phenoxy) is 1. The van der Waals surface area contributed by atoms with Gasteiger partial charge in [0.2, 0.25) is 0 Å². The molecule has 0 aliphatic carbocycles. The molecule has 20 heavy (non-hydrogen) atoms. The molecule has 0 spiro atoms. The maximum absolute atomic E-state index is 5.73. The van der Waals surface area contributed by atoms with E-state index >= 15 is 0 Å². The monoisotopic (exact) mass is 277 g/mol. The first-order chi connectivity index (χ1) is 9.56. The molecule has 1 aromatic rings. The van der Waals surface area contributed by atoms with E-state index in [1.54, 1.807) is 0 Å². The summed E-state index contributed by atoms with van der Waals surface area (Å²) in [4.78, 5) is 5.00. The van der Waals surface area contributed by atoms with E-state index in [0.29, 0.717) is 12.1 Å². The fourth-order valence-electron chi connectivity index (χ4n) is 2.74. The third kappa shape index (κ3) is 4.12. The third-order valence-electron chi connectivity index (χ3n) is 4.20. The number of nitrogens with two attached hydrogens (primary N) is 1. The molecule has 1 aliphatic rings. The highest BCUT2D eigenvalue weighted by atomic mass is 16.5. The van der Waals surface area contributed by atoms with Gasteiger partial charge in [0.05, 0.1) is 6.61 Å². The van der Waals surface area contributed by atoms with Crippen molar-refractivity contribution < 1.29 is 4.74 Å². The fraction of sp³-hybridized carbons (Fsp3) is 0.625. The van der Waals surface area contributed by atoms with Crippen molar-refractivity contribution >= 4 is 5.69 Å². The molecule has 1 aliphatic heterocycles. The zero-order chi connectivity index (χ0) is 14.5. The van der Waals surface area contributed by atoms with Crippen LogP contribution in [-0.2, 0) is 0 Å². The van der Waals surface area contributed by atoms with Gasteiger partial charge in [-0.1, -0.05) is 0 Å². The van der Waals surface area contributed by atoms with Gasteiger partial charge in [-0.05, 0) is 51.6 Å². The Morgan fingerprint density at radius 1 is 1.15 bits per heavy atom. The number of hydrogen-bond donors (Lipinski definition) is 1. The van der Waals surface area contributed by atoms with E-state index in [1.165, 1.54) is 0 Å². The minimum Gasteiger partial charge on any atom is -0.494 e. The summed E-state index contributed by atoms with van der Waals surface area (Å²) in [7, 11) is 2.22. The molecule has 2 unspecified atom stereocenters. The fourth-order valence-corrected chi connectivity index (χ4v) is 2.74. The van der Waals surface area contributed by atoms with E-state index in [1.807, 2.05) is 24.3 Å². The highest BCUT2D eigenvalue weighted by Gasteiger charge is 2.25. The number of benzene rings is 1. The van der Waals surface area contributed by atoms with Crippen molar-refractivity contribution in [2.45, 2.75) is 32.4 Å². The van der Waals surface area contributed by atoms with E-state index in [9.17, 15) is 0 Å². The molecular weight excluding hydrogens is 250 g/mol. The Morgan fingerprint density at radius 3 is 2.35 bits per heavy atom. The van der Waals surface area contributed by atoms with Gasteiger partial charge in [-0.25, -0.2) is 0 Å². The lowest BCUT2D eigenvalue weighted by Gasteiger charge is -2.42. The molecule has 1 heterocycles. The zero-order valence-corrected chi connectivity index (χ0v) is 12.9. The van der Waals surface area contributed by atoms with Gasteiger partial charge in [-0.15, -0.1) is 0 Å². The van der Waals surface area contributed by atoms with E-state index in [2.05, 4.69) is 30.7 Å². The van der Waals surface area contributed by atoms with Crippen LogP contribution in [0.4, 0.5) is 5.69 Å². The summed E-state index contributed by atoms with van der Waals surface area (Å²) in [5, 5.41) is 0. The van der Waals surface area contributed by atoms with Crippen molar-refractivity contribution in [1.29, 1.82) is 0 Å². The molecule has 0 saturated carbocycles. The smallest absolute Gasteiger partial charge is 0.119 e. The van der Waals surface area contributed by atoms with Crippen molar-refractivity contribution in [1.82, 2.24) is 9.80 Å². The quantitative estimate of drug-likeness (QED) is 0.661. The summed E-state index contributed by atoms with van der Waals surface area (Å²) in [5.41, 5.74) is 6.43. The number of anilines is 1. The molecule has 0 amide bonds. The van der Waals surface area contributed by atoms with Gasteiger partial charge in [0.25, 0.3) is 0 Å². The summed E-state index contributed by atoms with van der Waals surface area (Å²) in [6, 6.07) is 8.87. The van der Waals surface area contributed by atoms with Gasteiger partial charge < -0.3 is 15.4 Å². The van der Waals surface area contributed by atoms with Crippen LogP contribution in [0.3, 0.4) is 0 Å². The molecular formula is C16H27N3O. The summed E-state index contributed by atoms with van der Waals surface area (Å²) in [6.07, 6.45) is 1.06. The van der Waals surface area contributed by atoms with Crippen molar-refractivity contribution in [3.8, 4) is 5.75 Å². The van der Waals surface area contributed by atoms with Crippen molar-refractivity contribution in [2.24, 2.45) is 0 Å². The average molecular weight is 277 g/mol. The molecule has 4 heteroatoms. The van der Waals surface area contributed by atoms with Crippen LogP contribution in [0.1, 0.15) is 20.3 Å². The molecule has 4 nitrogen and oxygen atoms in total. The summed E-state index contributed by atoms with van der Waals surface area (Å²) in [6.45, 7) is 8.78. The van der Waals surface area contributed by atoms with Crippen molar-refractivity contribution in [3.05, 3.63) is 24.3 Å². The number of nitrogens with zero attached hydrogens (tertiary/aromatic N) is 2. The van der Waals surface area contributed by atoms with Gasteiger partial charge in [-0.3, -0.25) is 4.90 Å². The number of piperazine rings is 1. The number of nitrogen functional groups attached to an aromatic ring is 1. The maximum atomic E-state index is 5.73. The molecule has 0 radical (unpaired) electrons. The largest absolute Gasteiger partial charge is 0.494 e. The van der Waals surface area contributed by atoms with E-state index in [4.69, 9.17) is 10.5 Å². The summed E-state index contributed by atoms with van der Waals surface area (Å²) < 4.78 is 5.73. The number of rotatable bonds is 5. The lowest BCUT2D eigenvalue weighted by atomic mass is 10.1. The standard InChI is InChI=1S/C16H27N3O/c1-13-11-19(12-14(2)18(13)3)9-4-10-20-16-7-5-15(17)6-8-16/h5-8,13-14H,4,9-12,17H2,1-3H3. The van der Waals surface area contributed by atoms with E-state index in [-0.39, 0.29) is 0 Å². The predicted molar refractivity (Wildman–Crippen MR) is 84.1 cm³/mol. The van der Waals surface area contributed by atoms with Crippen LogP contribution < -0.4 is 10.5 Å². The van der Waals surface area contributed by atoms with Crippen LogP contribution in [0.25, 0.3) is 0 Å². The Labute approximate surface area is 122 Å². The Hall–Kier alpha value is -1.26. The molecule has 2 rings (SSSR count). The Bertz CT molecular complexity index is 395. The maximum Gasteiger partial charge on any atom is 0.119 e. The van der Waals surface area contributed by atoms with Crippen molar-refractivity contribution in [2.75, 3.05) is 39.0 Å². The molecule has 2 N–H and O–H groups in total. The lowest BCUT2D eigenvalue weighted by Crippen LogP contribution is -2.55. The lowest BCUT2D eigenvalue weighted by molar-refractivity contribution is 0.0571. The first kappa shape index (κ1) is 15.1. The third-order valence-corrected chi connectivity index (χ3v) is 4.20. The number of hydrogen-bond acceptors (Lipinski definition) is 4. The first-order valence-corrected chi connectivity index (χ1v) is 7.49. The highest BCUT2D eigenvalue weighted by molar-refractivity contribution is 5.41. The Balaban J connectivity index is 1.67. The van der Waals surface area contributed by atoms with Crippen molar-refractivity contribution in [3.63, 3.8) is 0 Å². The predicted octanol–water partition coefficient (Wildman–Crippen LogP) is 2.06. The Kier molecular flexibility index (Phi) is 5.26. The Morgan fingerprint density at radius 2 is 1.75 bits per heavy atom. The summed E-state index contributed by atoms with van der Waals surface area (Å²) in [5.74, 6) is 0.902. The minimum absolute atomic E-state index is 0.636. The van der Waals surface area contributed by atoms with Crippen LogP contribution in [0.15, 0.2) is 24.3 Å². The first-order valence-electron chi connectivity index (χ1n) is 7.49.